The number of H-pyrrole nitrogens is 1. The Kier molecular flexibility index (Phi) is 2.78. The first kappa shape index (κ1) is 12.4. The Morgan fingerprint density at radius 3 is 2.65 bits per heavy atom. The minimum Gasteiger partial charge on any atom is -0.357 e. The minimum atomic E-state index is -1.54. The first-order valence-electron chi connectivity index (χ1n) is 5.64. The van der Waals surface area contributed by atoms with Gasteiger partial charge in [0, 0.05) is 12.6 Å². The van der Waals surface area contributed by atoms with Crippen molar-refractivity contribution in [2.45, 2.75) is 0 Å². The van der Waals surface area contributed by atoms with Crippen molar-refractivity contribution in [2.24, 2.45) is 0 Å². The maximum atomic E-state index is 13.9. The minimum absolute atomic E-state index is 0.129. The third-order valence-corrected chi connectivity index (χ3v) is 2.82. The van der Waals surface area contributed by atoms with Crippen molar-refractivity contribution in [1.29, 1.82) is 0 Å². The zero-order valence-electron chi connectivity index (χ0n) is 10.2. The average Bonchev–Trinajstić information content (AvgIpc) is 2.92. The second-order valence-corrected chi connectivity index (χ2v) is 4.00. The SMILES string of the molecule is CNc1nc(-c2ccc(F)c(F)c2F)c2cn[nH]c2n1. The molecule has 8 heteroatoms. The maximum absolute atomic E-state index is 13.9. The van der Waals surface area contributed by atoms with Crippen LogP contribution < -0.4 is 5.32 Å². The quantitative estimate of drug-likeness (QED) is 0.707. The summed E-state index contributed by atoms with van der Waals surface area (Å²) in [5.41, 5.74) is 0.335. The summed E-state index contributed by atoms with van der Waals surface area (Å²) in [6.07, 6.45) is 1.39. The van der Waals surface area contributed by atoms with Crippen LogP contribution in [-0.2, 0) is 0 Å². The molecule has 0 spiro atoms. The van der Waals surface area contributed by atoms with E-state index in [4.69, 9.17) is 0 Å². The van der Waals surface area contributed by atoms with Crippen LogP contribution in [0.1, 0.15) is 0 Å². The van der Waals surface area contributed by atoms with Gasteiger partial charge >= 0.3 is 0 Å². The van der Waals surface area contributed by atoms with Crippen molar-refractivity contribution >= 4 is 17.0 Å². The molecule has 0 radical (unpaired) electrons. The molecule has 2 aromatic heterocycles. The lowest BCUT2D eigenvalue weighted by molar-refractivity contribution is 0.449. The Balaban J connectivity index is 2.34. The van der Waals surface area contributed by atoms with E-state index in [0.29, 0.717) is 11.0 Å². The smallest absolute Gasteiger partial charge is 0.225 e. The van der Waals surface area contributed by atoms with Gasteiger partial charge in [0.25, 0.3) is 0 Å². The number of nitrogens with one attached hydrogen (secondary N) is 2. The van der Waals surface area contributed by atoms with Gasteiger partial charge in [-0.25, -0.2) is 18.2 Å². The lowest BCUT2D eigenvalue weighted by Gasteiger charge is -2.07. The van der Waals surface area contributed by atoms with Crippen molar-refractivity contribution < 1.29 is 13.2 Å². The molecule has 2 heterocycles. The molecule has 20 heavy (non-hydrogen) atoms. The van der Waals surface area contributed by atoms with E-state index in [0.717, 1.165) is 12.1 Å². The molecule has 3 rings (SSSR count). The molecule has 0 saturated heterocycles. The first-order valence-corrected chi connectivity index (χ1v) is 5.64. The van der Waals surface area contributed by atoms with Crippen LogP contribution >= 0.6 is 0 Å². The van der Waals surface area contributed by atoms with E-state index in [2.05, 4.69) is 25.5 Å². The molecule has 0 atom stereocenters. The number of hydrogen-bond acceptors (Lipinski definition) is 4. The predicted octanol–water partition coefficient (Wildman–Crippen LogP) is 2.48. The van der Waals surface area contributed by atoms with E-state index < -0.39 is 17.5 Å². The molecule has 0 fully saturated rings. The molecular weight excluding hydrogens is 271 g/mol. The Labute approximate surface area is 110 Å². The van der Waals surface area contributed by atoms with Gasteiger partial charge in [-0.2, -0.15) is 10.1 Å². The number of aromatic amines is 1. The van der Waals surface area contributed by atoms with Crippen LogP contribution in [0.2, 0.25) is 0 Å². The number of nitrogens with zero attached hydrogens (tertiary/aromatic N) is 3. The Morgan fingerprint density at radius 1 is 1.10 bits per heavy atom. The van der Waals surface area contributed by atoms with Crippen LogP contribution in [0.4, 0.5) is 19.1 Å². The molecule has 0 aliphatic carbocycles. The van der Waals surface area contributed by atoms with E-state index in [1.807, 2.05) is 0 Å². The van der Waals surface area contributed by atoms with E-state index in [1.165, 1.54) is 6.20 Å². The molecule has 5 nitrogen and oxygen atoms in total. The lowest BCUT2D eigenvalue weighted by atomic mass is 10.1. The van der Waals surface area contributed by atoms with Crippen molar-refractivity contribution in [3.63, 3.8) is 0 Å². The second-order valence-electron chi connectivity index (χ2n) is 4.00. The molecule has 1 aromatic carbocycles. The van der Waals surface area contributed by atoms with Gasteiger partial charge in [0.05, 0.1) is 17.3 Å². The van der Waals surface area contributed by atoms with E-state index in [9.17, 15) is 13.2 Å². The zero-order chi connectivity index (χ0) is 14.3. The van der Waals surface area contributed by atoms with Gasteiger partial charge in [-0.3, -0.25) is 5.10 Å². The van der Waals surface area contributed by atoms with Gasteiger partial charge in [0.2, 0.25) is 5.95 Å². The van der Waals surface area contributed by atoms with Crippen molar-refractivity contribution in [1.82, 2.24) is 20.2 Å². The Bertz CT molecular complexity index is 799. The highest BCUT2D eigenvalue weighted by atomic mass is 19.2. The fourth-order valence-electron chi connectivity index (χ4n) is 1.86. The number of fused-ring (bicyclic) bond motifs is 1. The summed E-state index contributed by atoms with van der Waals surface area (Å²) >= 11 is 0. The fourth-order valence-corrected chi connectivity index (χ4v) is 1.86. The van der Waals surface area contributed by atoms with Gasteiger partial charge in [0.1, 0.15) is 0 Å². The van der Waals surface area contributed by atoms with E-state index >= 15 is 0 Å². The first-order chi connectivity index (χ1) is 9.61. The monoisotopic (exact) mass is 279 g/mol. The van der Waals surface area contributed by atoms with Crippen LogP contribution in [-0.4, -0.2) is 27.2 Å². The molecule has 0 unspecified atom stereocenters. The summed E-state index contributed by atoms with van der Waals surface area (Å²) in [6, 6.07) is 1.97. The Hall–Kier alpha value is -2.64. The standard InChI is InChI=1S/C12H8F3N5/c1-16-12-18-10(6-4-17-20-11(6)19-12)5-2-3-7(13)9(15)8(5)14/h2-4H,1H3,(H2,16,17,18,19,20). The molecule has 0 aliphatic rings. The molecule has 0 aliphatic heterocycles. The van der Waals surface area contributed by atoms with Gasteiger partial charge in [0.15, 0.2) is 23.1 Å². The van der Waals surface area contributed by atoms with Crippen LogP contribution in [0, 0.1) is 17.5 Å². The highest BCUT2D eigenvalue weighted by Crippen LogP contribution is 2.30. The summed E-state index contributed by atoms with van der Waals surface area (Å²) < 4.78 is 40.2. The van der Waals surface area contributed by atoms with Crippen molar-refractivity contribution in [3.05, 3.63) is 35.8 Å². The van der Waals surface area contributed by atoms with E-state index in [-0.39, 0.29) is 17.2 Å². The molecule has 0 amide bonds. The molecule has 0 bridgehead atoms. The van der Waals surface area contributed by atoms with Gasteiger partial charge in [-0.05, 0) is 12.1 Å². The van der Waals surface area contributed by atoms with Crippen molar-refractivity contribution in [2.75, 3.05) is 12.4 Å². The summed E-state index contributed by atoms with van der Waals surface area (Å²) in [5, 5.41) is 9.52. The third kappa shape index (κ3) is 1.77. The van der Waals surface area contributed by atoms with Gasteiger partial charge < -0.3 is 5.32 Å². The van der Waals surface area contributed by atoms with Crippen LogP contribution in [0.5, 0.6) is 0 Å². The van der Waals surface area contributed by atoms with Crippen LogP contribution in [0.15, 0.2) is 18.3 Å². The number of hydrogen-bond donors (Lipinski definition) is 2. The highest BCUT2D eigenvalue weighted by molar-refractivity contribution is 5.90. The second kappa shape index (κ2) is 4.48. The zero-order valence-corrected chi connectivity index (χ0v) is 10.2. The summed E-state index contributed by atoms with van der Waals surface area (Å²) in [6.45, 7) is 0. The molecule has 0 saturated carbocycles. The largest absolute Gasteiger partial charge is 0.357 e. The number of anilines is 1. The van der Waals surface area contributed by atoms with Crippen LogP contribution in [0.3, 0.4) is 0 Å². The average molecular weight is 279 g/mol. The summed E-state index contributed by atoms with van der Waals surface area (Å²) in [7, 11) is 1.59. The number of halogens is 3. The molecule has 3 aromatic rings. The predicted molar refractivity (Wildman–Crippen MR) is 66.5 cm³/mol. The number of benzene rings is 1. The topological polar surface area (TPSA) is 66.5 Å². The number of rotatable bonds is 2. The van der Waals surface area contributed by atoms with Gasteiger partial charge in [-0.15, -0.1) is 0 Å². The highest BCUT2D eigenvalue weighted by Gasteiger charge is 2.19. The van der Waals surface area contributed by atoms with E-state index in [1.54, 1.807) is 7.05 Å². The normalized spacial score (nSPS) is 11.0. The number of aromatic nitrogens is 4. The summed E-state index contributed by atoms with van der Waals surface area (Å²) in [4.78, 5) is 8.16. The molecule has 2 N–H and O–H groups in total. The van der Waals surface area contributed by atoms with Gasteiger partial charge in [-0.1, -0.05) is 0 Å². The molecule has 102 valence electrons. The van der Waals surface area contributed by atoms with Crippen LogP contribution in [0.25, 0.3) is 22.3 Å². The third-order valence-electron chi connectivity index (χ3n) is 2.82. The Morgan fingerprint density at radius 2 is 1.90 bits per heavy atom. The lowest BCUT2D eigenvalue weighted by Crippen LogP contribution is -2.01. The summed E-state index contributed by atoms with van der Waals surface area (Å²) in [5.74, 6) is -3.88. The fraction of sp³-hybridized carbons (Fsp3) is 0.0833. The molecular formula is C12H8F3N5. The maximum Gasteiger partial charge on any atom is 0.225 e. The van der Waals surface area contributed by atoms with Crippen molar-refractivity contribution in [3.8, 4) is 11.3 Å².